The number of carbonyl (C=O) groups excluding carboxylic acids is 1. The zero-order chi connectivity index (χ0) is 17.0. The molecule has 24 heavy (non-hydrogen) atoms. The van der Waals surface area contributed by atoms with Gasteiger partial charge in [-0.3, -0.25) is 9.52 Å². The molecule has 1 amide bonds. The normalized spacial score (nSPS) is 11.0. The summed E-state index contributed by atoms with van der Waals surface area (Å²) in [6.45, 7) is 0. The first kappa shape index (κ1) is 16.2. The molecule has 0 aliphatic carbocycles. The van der Waals surface area contributed by atoms with Crippen LogP contribution in [0.3, 0.4) is 0 Å². The molecule has 0 aliphatic rings. The molecule has 0 spiro atoms. The smallest absolute Gasteiger partial charge is 0.263 e. The third kappa shape index (κ3) is 3.79. The fourth-order valence-corrected chi connectivity index (χ4v) is 3.75. The van der Waals surface area contributed by atoms with Gasteiger partial charge in [0.1, 0.15) is 0 Å². The SMILES string of the molecule is O=C(Nc1ccccc1)c1ccc(S(=O)(=O)Nc2nccs2)cc1. The fraction of sp³-hybridized carbons (Fsp3) is 0. The Morgan fingerprint density at radius 3 is 2.33 bits per heavy atom. The molecule has 122 valence electrons. The third-order valence-electron chi connectivity index (χ3n) is 3.11. The van der Waals surface area contributed by atoms with Crippen molar-refractivity contribution >= 4 is 38.1 Å². The van der Waals surface area contributed by atoms with Gasteiger partial charge < -0.3 is 5.32 Å². The number of nitrogens with zero attached hydrogens (tertiary/aromatic N) is 1. The largest absolute Gasteiger partial charge is 0.322 e. The second-order valence-corrected chi connectivity index (χ2v) is 7.36. The molecule has 8 heteroatoms. The number of hydrogen-bond acceptors (Lipinski definition) is 5. The molecular weight excluding hydrogens is 346 g/mol. The van der Waals surface area contributed by atoms with Gasteiger partial charge in [-0.2, -0.15) is 0 Å². The minimum absolute atomic E-state index is 0.0639. The van der Waals surface area contributed by atoms with E-state index in [2.05, 4.69) is 15.0 Å². The van der Waals surface area contributed by atoms with Gasteiger partial charge in [-0.1, -0.05) is 18.2 Å². The second-order valence-electron chi connectivity index (χ2n) is 4.79. The first-order valence-corrected chi connectivity index (χ1v) is 9.30. The number of nitrogens with one attached hydrogen (secondary N) is 2. The van der Waals surface area contributed by atoms with Gasteiger partial charge in [0.2, 0.25) is 0 Å². The molecule has 3 rings (SSSR count). The summed E-state index contributed by atoms with van der Waals surface area (Å²) < 4.78 is 26.8. The van der Waals surface area contributed by atoms with Crippen molar-refractivity contribution in [2.45, 2.75) is 4.90 Å². The molecule has 3 aromatic rings. The lowest BCUT2D eigenvalue weighted by Gasteiger charge is -2.07. The molecular formula is C16H13N3O3S2. The van der Waals surface area contributed by atoms with Gasteiger partial charge in [-0.05, 0) is 36.4 Å². The van der Waals surface area contributed by atoms with E-state index in [0.717, 1.165) is 0 Å². The Labute approximate surface area is 143 Å². The number of carbonyl (C=O) groups is 1. The Balaban J connectivity index is 1.74. The van der Waals surface area contributed by atoms with Crippen LogP contribution < -0.4 is 10.0 Å². The quantitative estimate of drug-likeness (QED) is 0.732. The molecule has 0 saturated carbocycles. The minimum atomic E-state index is -3.72. The van der Waals surface area contributed by atoms with Gasteiger partial charge in [0, 0.05) is 22.8 Å². The molecule has 2 N–H and O–H groups in total. The number of amides is 1. The van der Waals surface area contributed by atoms with Crippen LogP contribution in [0.25, 0.3) is 0 Å². The lowest BCUT2D eigenvalue weighted by atomic mass is 10.2. The van der Waals surface area contributed by atoms with Crippen LogP contribution in [0.4, 0.5) is 10.8 Å². The van der Waals surface area contributed by atoms with E-state index in [1.807, 2.05) is 18.2 Å². The summed E-state index contributed by atoms with van der Waals surface area (Å²) in [5.74, 6) is -0.307. The van der Waals surface area contributed by atoms with E-state index >= 15 is 0 Å². The maximum Gasteiger partial charge on any atom is 0.263 e. The second kappa shape index (κ2) is 6.81. The van der Waals surface area contributed by atoms with Gasteiger partial charge in [-0.15, -0.1) is 11.3 Å². The van der Waals surface area contributed by atoms with E-state index in [1.165, 1.54) is 41.8 Å². The van der Waals surface area contributed by atoms with E-state index in [1.54, 1.807) is 17.5 Å². The number of rotatable bonds is 5. The van der Waals surface area contributed by atoms with E-state index < -0.39 is 10.0 Å². The van der Waals surface area contributed by atoms with Crippen molar-refractivity contribution in [1.82, 2.24) is 4.98 Å². The zero-order valence-electron chi connectivity index (χ0n) is 12.3. The Bertz CT molecular complexity index is 922. The molecule has 1 heterocycles. The summed E-state index contributed by atoms with van der Waals surface area (Å²) >= 11 is 1.19. The zero-order valence-corrected chi connectivity index (χ0v) is 14.0. The van der Waals surface area contributed by atoms with Gasteiger partial charge in [0.15, 0.2) is 5.13 Å². The van der Waals surface area contributed by atoms with Gasteiger partial charge in [0.05, 0.1) is 4.90 Å². The highest BCUT2D eigenvalue weighted by Crippen LogP contribution is 2.18. The summed E-state index contributed by atoms with van der Waals surface area (Å²) in [4.78, 5) is 16.1. The lowest BCUT2D eigenvalue weighted by molar-refractivity contribution is 0.102. The predicted molar refractivity (Wildman–Crippen MR) is 93.8 cm³/mol. The van der Waals surface area contributed by atoms with E-state index in [9.17, 15) is 13.2 Å². The predicted octanol–water partition coefficient (Wildman–Crippen LogP) is 3.20. The molecule has 6 nitrogen and oxygen atoms in total. The Hall–Kier alpha value is -2.71. The van der Waals surface area contributed by atoms with Gasteiger partial charge >= 0.3 is 0 Å². The van der Waals surface area contributed by atoms with Crippen LogP contribution in [0, 0.1) is 0 Å². The minimum Gasteiger partial charge on any atom is -0.322 e. The highest BCUT2D eigenvalue weighted by atomic mass is 32.2. The van der Waals surface area contributed by atoms with Crippen molar-refractivity contribution in [3.05, 3.63) is 71.7 Å². The van der Waals surface area contributed by atoms with Crippen molar-refractivity contribution in [2.24, 2.45) is 0 Å². The number of hydrogen-bond donors (Lipinski definition) is 2. The Morgan fingerprint density at radius 1 is 1.00 bits per heavy atom. The van der Waals surface area contributed by atoms with E-state index in [0.29, 0.717) is 16.4 Å². The molecule has 0 fully saturated rings. The number of aromatic nitrogens is 1. The standard InChI is InChI=1S/C16H13N3O3S2/c20-15(18-13-4-2-1-3-5-13)12-6-8-14(9-7-12)24(21,22)19-16-17-10-11-23-16/h1-11H,(H,17,19)(H,18,20). The van der Waals surface area contributed by atoms with Gasteiger partial charge in [0.25, 0.3) is 15.9 Å². The average Bonchev–Trinajstić information content (AvgIpc) is 3.08. The first-order valence-electron chi connectivity index (χ1n) is 6.93. The van der Waals surface area contributed by atoms with E-state index in [-0.39, 0.29) is 10.8 Å². The summed E-state index contributed by atoms with van der Waals surface area (Å²) in [5.41, 5.74) is 1.04. The van der Waals surface area contributed by atoms with Gasteiger partial charge in [-0.25, -0.2) is 13.4 Å². The Morgan fingerprint density at radius 2 is 1.71 bits per heavy atom. The molecule has 1 aromatic heterocycles. The Kier molecular flexibility index (Phi) is 4.59. The van der Waals surface area contributed by atoms with Crippen LogP contribution in [-0.2, 0) is 10.0 Å². The number of benzene rings is 2. The molecule has 0 aliphatic heterocycles. The first-order chi connectivity index (χ1) is 11.5. The fourth-order valence-electron chi connectivity index (χ4n) is 1.96. The topological polar surface area (TPSA) is 88.2 Å². The van der Waals surface area contributed by atoms with Crippen LogP contribution in [0.15, 0.2) is 71.1 Å². The maximum atomic E-state index is 12.2. The average molecular weight is 359 g/mol. The molecule has 2 aromatic carbocycles. The van der Waals surface area contributed by atoms with Crippen LogP contribution in [0.5, 0.6) is 0 Å². The number of sulfonamides is 1. The molecule has 0 radical (unpaired) electrons. The number of thiazole rings is 1. The van der Waals surface area contributed by atoms with Crippen molar-refractivity contribution in [2.75, 3.05) is 10.0 Å². The summed E-state index contributed by atoms with van der Waals surface area (Å²) in [5, 5.41) is 4.71. The highest BCUT2D eigenvalue weighted by molar-refractivity contribution is 7.93. The van der Waals surface area contributed by atoms with Crippen LogP contribution in [0.2, 0.25) is 0 Å². The summed E-state index contributed by atoms with van der Waals surface area (Å²) in [6.07, 6.45) is 1.51. The molecule has 0 atom stereocenters. The maximum absolute atomic E-state index is 12.2. The van der Waals surface area contributed by atoms with Crippen molar-refractivity contribution in [3.8, 4) is 0 Å². The van der Waals surface area contributed by atoms with Crippen LogP contribution in [-0.4, -0.2) is 19.3 Å². The lowest BCUT2D eigenvalue weighted by Crippen LogP contribution is -2.14. The van der Waals surface area contributed by atoms with Crippen molar-refractivity contribution in [1.29, 1.82) is 0 Å². The van der Waals surface area contributed by atoms with Crippen molar-refractivity contribution < 1.29 is 13.2 Å². The number of anilines is 2. The summed E-state index contributed by atoms with van der Waals surface area (Å²) in [6, 6.07) is 14.7. The molecule has 0 saturated heterocycles. The van der Waals surface area contributed by atoms with Crippen LogP contribution in [0.1, 0.15) is 10.4 Å². The monoisotopic (exact) mass is 359 g/mol. The molecule has 0 bridgehead atoms. The van der Waals surface area contributed by atoms with E-state index in [4.69, 9.17) is 0 Å². The van der Waals surface area contributed by atoms with Crippen molar-refractivity contribution in [3.63, 3.8) is 0 Å². The third-order valence-corrected chi connectivity index (χ3v) is 5.29. The highest BCUT2D eigenvalue weighted by Gasteiger charge is 2.16. The van der Waals surface area contributed by atoms with Crippen LogP contribution >= 0.6 is 11.3 Å². The molecule has 0 unspecified atom stereocenters. The summed E-state index contributed by atoms with van der Waals surface area (Å²) in [7, 11) is -3.72. The number of para-hydroxylation sites is 1.